The van der Waals surface area contributed by atoms with Crippen molar-refractivity contribution in [1.82, 2.24) is 17.9 Å². The average molecular weight is 340 g/mol. The SMILES string of the molecule is IN1CCn2nc(Cc3ccccc3)nc2C1. The maximum Gasteiger partial charge on any atom is 0.155 e. The van der Waals surface area contributed by atoms with Crippen LogP contribution < -0.4 is 0 Å². The monoisotopic (exact) mass is 340 g/mol. The van der Waals surface area contributed by atoms with Crippen LogP contribution in [0, 0.1) is 0 Å². The molecule has 0 aliphatic carbocycles. The lowest BCUT2D eigenvalue weighted by Crippen LogP contribution is -2.26. The first kappa shape index (κ1) is 11.2. The summed E-state index contributed by atoms with van der Waals surface area (Å²) in [5.74, 6) is 2.01. The van der Waals surface area contributed by atoms with Crippen LogP contribution in [0.15, 0.2) is 30.3 Å². The number of aromatic nitrogens is 3. The van der Waals surface area contributed by atoms with E-state index in [1.54, 1.807) is 0 Å². The molecule has 0 saturated heterocycles. The van der Waals surface area contributed by atoms with Crippen molar-refractivity contribution < 1.29 is 0 Å². The molecular weight excluding hydrogens is 327 g/mol. The van der Waals surface area contributed by atoms with E-state index >= 15 is 0 Å². The zero-order valence-corrected chi connectivity index (χ0v) is 11.5. The minimum Gasteiger partial charge on any atom is -0.247 e. The topological polar surface area (TPSA) is 34.0 Å². The highest BCUT2D eigenvalue weighted by molar-refractivity contribution is 14.1. The van der Waals surface area contributed by atoms with Crippen LogP contribution in [0.2, 0.25) is 0 Å². The Kier molecular flexibility index (Phi) is 3.11. The third-order valence-corrected chi connectivity index (χ3v) is 3.69. The summed E-state index contributed by atoms with van der Waals surface area (Å²) in [5, 5.41) is 4.56. The molecule has 0 amide bonds. The quantitative estimate of drug-likeness (QED) is 0.620. The van der Waals surface area contributed by atoms with Crippen molar-refractivity contribution in [1.29, 1.82) is 0 Å². The zero-order valence-electron chi connectivity index (χ0n) is 9.38. The summed E-state index contributed by atoms with van der Waals surface area (Å²) in [5.41, 5.74) is 1.27. The molecule has 1 aliphatic heterocycles. The highest BCUT2D eigenvalue weighted by Crippen LogP contribution is 2.15. The minimum atomic E-state index is 0.822. The lowest BCUT2D eigenvalue weighted by molar-refractivity contribution is 0.373. The van der Waals surface area contributed by atoms with Crippen molar-refractivity contribution >= 4 is 22.9 Å². The van der Waals surface area contributed by atoms with Gasteiger partial charge in [0.2, 0.25) is 0 Å². The Hall–Kier alpha value is -0.950. The van der Waals surface area contributed by atoms with E-state index in [0.29, 0.717) is 0 Å². The largest absolute Gasteiger partial charge is 0.247 e. The molecule has 0 saturated carbocycles. The molecular formula is C12H13IN4. The molecule has 2 aromatic rings. The van der Waals surface area contributed by atoms with E-state index in [9.17, 15) is 0 Å². The van der Waals surface area contributed by atoms with Gasteiger partial charge in [-0.05, 0) is 5.56 Å². The molecule has 0 N–H and O–H groups in total. The Morgan fingerprint density at radius 1 is 1.18 bits per heavy atom. The fraction of sp³-hybridized carbons (Fsp3) is 0.333. The number of fused-ring (bicyclic) bond motifs is 1. The lowest BCUT2D eigenvalue weighted by atomic mass is 10.1. The van der Waals surface area contributed by atoms with Gasteiger partial charge in [-0.2, -0.15) is 5.10 Å². The molecule has 0 bridgehead atoms. The second-order valence-corrected chi connectivity index (χ2v) is 5.54. The smallest absolute Gasteiger partial charge is 0.155 e. The number of hydrogen-bond acceptors (Lipinski definition) is 3. The molecule has 3 rings (SSSR count). The van der Waals surface area contributed by atoms with Crippen LogP contribution in [0.5, 0.6) is 0 Å². The minimum absolute atomic E-state index is 0.822. The molecule has 0 atom stereocenters. The molecule has 88 valence electrons. The van der Waals surface area contributed by atoms with Gasteiger partial charge in [0.15, 0.2) is 5.82 Å². The number of rotatable bonds is 2. The number of halogens is 1. The molecule has 0 spiro atoms. The van der Waals surface area contributed by atoms with Gasteiger partial charge in [0.1, 0.15) is 5.82 Å². The van der Waals surface area contributed by atoms with E-state index in [1.165, 1.54) is 5.56 Å². The highest BCUT2D eigenvalue weighted by atomic mass is 127. The van der Waals surface area contributed by atoms with Crippen LogP contribution in [0.25, 0.3) is 0 Å². The van der Waals surface area contributed by atoms with Crippen LogP contribution in [0.1, 0.15) is 17.2 Å². The zero-order chi connectivity index (χ0) is 11.7. The van der Waals surface area contributed by atoms with Gasteiger partial charge in [0.05, 0.1) is 13.1 Å². The van der Waals surface area contributed by atoms with Crippen LogP contribution in [-0.4, -0.2) is 24.4 Å². The molecule has 0 unspecified atom stereocenters. The van der Waals surface area contributed by atoms with E-state index in [2.05, 4.69) is 60.3 Å². The first-order valence-corrected chi connectivity index (χ1v) is 6.65. The molecule has 1 aromatic heterocycles. The summed E-state index contributed by atoms with van der Waals surface area (Å²) in [4.78, 5) is 4.60. The van der Waals surface area contributed by atoms with Gasteiger partial charge in [-0.1, -0.05) is 30.3 Å². The fourth-order valence-electron chi connectivity index (χ4n) is 2.01. The van der Waals surface area contributed by atoms with Gasteiger partial charge in [-0.3, -0.25) is 0 Å². The van der Waals surface area contributed by atoms with E-state index in [1.807, 2.05) is 10.7 Å². The predicted molar refractivity (Wildman–Crippen MR) is 73.7 cm³/mol. The maximum absolute atomic E-state index is 4.60. The second-order valence-electron chi connectivity index (χ2n) is 4.17. The lowest BCUT2D eigenvalue weighted by Gasteiger charge is -2.19. The van der Waals surface area contributed by atoms with Gasteiger partial charge in [-0.25, -0.2) is 12.8 Å². The van der Waals surface area contributed by atoms with E-state index in [-0.39, 0.29) is 0 Å². The Morgan fingerprint density at radius 2 is 2.00 bits per heavy atom. The predicted octanol–water partition coefficient (Wildman–Crippen LogP) is 2.03. The normalized spacial score (nSPS) is 15.8. The van der Waals surface area contributed by atoms with E-state index < -0.39 is 0 Å². The van der Waals surface area contributed by atoms with Gasteiger partial charge >= 0.3 is 0 Å². The average Bonchev–Trinajstić information content (AvgIpc) is 2.71. The summed E-state index contributed by atoms with van der Waals surface area (Å²) >= 11 is 2.34. The van der Waals surface area contributed by atoms with Gasteiger partial charge in [-0.15, -0.1) is 0 Å². The highest BCUT2D eigenvalue weighted by Gasteiger charge is 2.17. The van der Waals surface area contributed by atoms with Crippen molar-refractivity contribution in [2.45, 2.75) is 19.5 Å². The standard InChI is InChI=1S/C12H13IN4/c13-16-6-7-17-12(9-16)14-11(15-17)8-10-4-2-1-3-5-10/h1-5H,6-9H2. The van der Waals surface area contributed by atoms with Gasteiger partial charge in [0.25, 0.3) is 0 Å². The first-order chi connectivity index (χ1) is 8.31. The van der Waals surface area contributed by atoms with Gasteiger partial charge < -0.3 is 0 Å². The van der Waals surface area contributed by atoms with Crippen molar-refractivity contribution in [3.63, 3.8) is 0 Å². The summed E-state index contributed by atoms with van der Waals surface area (Å²) in [6, 6.07) is 10.4. The van der Waals surface area contributed by atoms with E-state index in [4.69, 9.17) is 0 Å². The van der Waals surface area contributed by atoms with Gasteiger partial charge in [0, 0.05) is 35.8 Å². The third-order valence-electron chi connectivity index (χ3n) is 2.86. The Morgan fingerprint density at radius 3 is 2.82 bits per heavy atom. The fourth-order valence-corrected chi connectivity index (χ4v) is 2.53. The molecule has 1 aliphatic rings. The Bertz CT molecular complexity index is 508. The van der Waals surface area contributed by atoms with Crippen LogP contribution in [0.3, 0.4) is 0 Å². The van der Waals surface area contributed by atoms with Crippen LogP contribution in [0.4, 0.5) is 0 Å². The number of hydrogen-bond donors (Lipinski definition) is 0. The Labute approximate surface area is 114 Å². The third kappa shape index (κ3) is 2.50. The van der Waals surface area contributed by atoms with E-state index in [0.717, 1.165) is 37.7 Å². The number of benzene rings is 1. The molecule has 0 radical (unpaired) electrons. The Balaban J connectivity index is 1.81. The molecule has 4 nitrogen and oxygen atoms in total. The molecule has 5 heteroatoms. The van der Waals surface area contributed by atoms with Crippen molar-refractivity contribution in [3.8, 4) is 0 Å². The summed E-state index contributed by atoms with van der Waals surface area (Å²) in [6.07, 6.45) is 0.822. The molecule has 17 heavy (non-hydrogen) atoms. The number of nitrogens with zero attached hydrogens (tertiary/aromatic N) is 4. The van der Waals surface area contributed by atoms with Crippen molar-refractivity contribution in [3.05, 3.63) is 47.5 Å². The molecule has 0 fully saturated rings. The molecule has 1 aromatic carbocycles. The van der Waals surface area contributed by atoms with Crippen molar-refractivity contribution in [2.75, 3.05) is 6.54 Å². The maximum atomic E-state index is 4.60. The first-order valence-electron chi connectivity index (χ1n) is 5.68. The molecule has 2 heterocycles. The summed E-state index contributed by atoms with van der Waals surface area (Å²) in [7, 11) is 0. The summed E-state index contributed by atoms with van der Waals surface area (Å²) < 4.78 is 4.28. The second kappa shape index (κ2) is 4.73. The van der Waals surface area contributed by atoms with Crippen molar-refractivity contribution in [2.24, 2.45) is 0 Å². The summed E-state index contributed by atoms with van der Waals surface area (Å²) in [6.45, 7) is 2.88. The van der Waals surface area contributed by atoms with Crippen LogP contribution >= 0.6 is 22.9 Å². The van der Waals surface area contributed by atoms with Crippen LogP contribution in [-0.2, 0) is 19.5 Å².